The summed E-state index contributed by atoms with van der Waals surface area (Å²) in [6.45, 7) is 1.66. The summed E-state index contributed by atoms with van der Waals surface area (Å²) in [6.07, 6.45) is 0. The fourth-order valence-electron chi connectivity index (χ4n) is 3.14. The van der Waals surface area contributed by atoms with Crippen LogP contribution in [0.2, 0.25) is 0 Å². The Morgan fingerprint density at radius 2 is 2.00 bits per heavy atom. The molecule has 1 aromatic heterocycles. The normalized spacial score (nSPS) is 12.9. The first-order chi connectivity index (χ1) is 13.6. The number of nitriles is 1. The van der Waals surface area contributed by atoms with Crippen LogP contribution in [-0.2, 0) is 19.7 Å². The van der Waals surface area contributed by atoms with Crippen LogP contribution >= 0.6 is 0 Å². The molecule has 28 heavy (non-hydrogen) atoms. The molecule has 0 N–H and O–H groups in total. The van der Waals surface area contributed by atoms with Crippen LogP contribution in [-0.4, -0.2) is 27.1 Å². The van der Waals surface area contributed by atoms with E-state index in [2.05, 4.69) is 5.10 Å². The summed E-state index contributed by atoms with van der Waals surface area (Å²) in [4.78, 5) is 14.3. The fourth-order valence-corrected chi connectivity index (χ4v) is 3.14. The van der Waals surface area contributed by atoms with E-state index in [1.54, 1.807) is 15.6 Å². The molecule has 6 nitrogen and oxygen atoms in total. The quantitative estimate of drug-likeness (QED) is 0.701. The number of rotatable bonds is 4. The van der Waals surface area contributed by atoms with Crippen molar-refractivity contribution < 1.29 is 13.9 Å². The number of nitrogens with zero attached hydrogens (tertiary/aromatic N) is 4. The number of hydrogen-bond acceptors (Lipinski definition) is 4. The number of hydrogen-bond donors (Lipinski definition) is 0. The van der Waals surface area contributed by atoms with Crippen LogP contribution in [0.5, 0.6) is 5.88 Å². The maximum absolute atomic E-state index is 14.2. The van der Waals surface area contributed by atoms with Crippen molar-refractivity contribution in [2.24, 2.45) is 0 Å². The topological polar surface area (TPSA) is 71.2 Å². The van der Waals surface area contributed by atoms with Gasteiger partial charge in [0.1, 0.15) is 12.4 Å². The monoisotopic (exact) mass is 376 g/mol. The molecule has 1 aliphatic heterocycles. The van der Waals surface area contributed by atoms with Crippen molar-refractivity contribution in [2.45, 2.75) is 19.7 Å². The van der Waals surface area contributed by atoms with E-state index in [0.29, 0.717) is 32.1 Å². The van der Waals surface area contributed by atoms with Crippen LogP contribution in [0.25, 0.3) is 0 Å². The van der Waals surface area contributed by atoms with Crippen molar-refractivity contribution in [1.82, 2.24) is 14.7 Å². The molecule has 2 heterocycles. The largest absolute Gasteiger partial charge is 0.472 e. The lowest BCUT2D eigenvalue weighted by molar-refractivity contribution is 0.0701. The summed E-state index contributed by atoms with van der Waals surface area (Å²) < 4.78 is 21.7. The number of benzene rings is 2. The SMILES string of the molecule is N#Cc1ccc(C(=O)N2CCn3nc(OCc4ccccc4)cc3C2)c(F)c1. The molecule has 1 aliphatic rings. The summed E-state index contributed by atoms with van der Waals surface area (Å²) in [6, 6.07) is 17.3. The van der Waals surface area contributed by atoms with Crippen LogP contribution in [0.15, 0.2) is 54.6 Å². The second kappa shape index (κ2) is 7.53. The molecule has 0 unspecified atom stereocenters. The van der Waals surface area contributed by atoms with Crippen LogP contribution in [0.1, 0.15) is 27.2 Å². The van der Waals surface area contributed by atoms with Gasteiger partial charge in [0.2, 0.25) is 5.88 Å². The first-order valence-corrected chi connectivity index (χ1v) is 8.86. The molecule has 4 rings (SSSR count). The number of fused-ring (bicyclic) bond motifs is 1. The Hall–Kier alpha value is -3.66. The zero-order chi connectivity index (χ0) is 19.5. The molecule has 0 radical (unpaired) electrons. The fraction of sp³-hybridized carbons (Fsp3) is 0.190. The van der Waals surface area contributed by atoms with Gasteiger partial charge in [-0.2, -0.15) is 5.26 Å². The Morgan fingerprint density at radius 1 is 1.18 bits per heavy atom. The van der Waals surface area contributed by atoms with Gasteiger partial charge in [0, 0.05) is 12.6 Å². The van der Waals surface area contributed by atoms with Gasteiger partial charge in [0.25, 0.3) is 5.91 Å². The molecule has 0 saturated heterocycles. The number of ether oxygens (including phenoxy) is 1. The zero-order valence-electron chi connectivity index (χ0n) is 15.0. The molecule has 140 valence electrons. The molecule has 0 saturated carbocycles. The third-order valence-electron chi connectivity index (χ3n) is 4.62. The summed E-state index contributed by atoms with van der Waals surface area (Å²) in [5.74, 6) is -0.589. The Bertz CT molecular complexity index is 1060. The van der Waals surface area contributed by atoms with E-state index in [1.165, 1.54) is 12.1 Å². The van der Waals surface area contributed by atoms with E-state index < -0.39 is 11.7 Å². The molecular formula is C21H17FN4O2. The molecule has 0 fully saturated rings. The van der Waals surface area contributed by atoms with Crippen molar-refractivity contribution in [1.29, 1.82) is 5.26 Å². The highest BCUT2D eigenvalue weighted by Crippen LogP contribution is 2.21. The second-order valence-electron chi connectivity index (χ2n) is 6.50. The van der Waals surface area contributed by atoms with Crippen molar-refractivity contribution in [3.8, 4) is 11.9 Å². The van der Waals surface area contributed by atoms with Gasteiger partial charge >= 0.3 is 0 Å². The van der Waals surface area contributed by atoms with Gasteiger partial charge in [-0.1, -0.05) is 30.3 Å². The van der Waals surface area contributed by atoms with Gasteiger partial charge in [0.15, 0.2) is 0 Å². The molecule has 3 aromatic rings. The second-order valence-corrected chi connectivity index (χ2v) is 6.50. The van der Waals surface area contributed by atoms with Gasteiger partial charge in [0.05, 0.1) is 36.0 Å². The maximum atomic E-state index is 14.2. The van der Waals surface area contributed by atoms with E-state index in [9.17, 15) is 9.18 Å². The van der Waals surface area contributed by atoms with Crippen LogP contribution in [0.4, 0.5) is 4.39 Å². The lowest BCUT2D eigenvalue weighted by Crippen LogP contribution is -2.38. The number of amides is 1. The highest BCUT2D eigenvalue weighted by atomic mass is 19.1. The Morgan fingerprint density at radius 3 is 2.75 bits per heavy atom. The molecular weight excluding hydrogens is 359 g/mol. The molecule has 0 spiro atoms. The van der Waals surface area contributed by atoms with E-state index >= 15 is 0 Å². The van der Waals surface area contributed by atoms with Gasteiger partial charge in [-0.3, -0.25) is 9.48 Å². The van der Waals surface area contributed by atoms with E-state index in [0.717, 1.165) is 17.3 Å². The number of carbonyl (C=O) groups excluding carboxylic acids is 1. The van der Waals surface area contributed by atoms with E-state index in [1.807, 2.05) is 36.4 Å². The minimum atomic E-state index is -0.685. The zero-order valence-corrected chi connectivity index (χ0v) is 15.0. The standard InChI is InChI=1S/C21H17FN4O2/c22-19-10-16(12-23)6-7-18(19)21(27)25-8-9-26-17(13-25)11-20(24-26)28-14-15-4-2-1-3-5-15/h1-7,10-11H,8-9,13-14H2. The van der Waals surface area contributed by atoms with Gasteiger partial charge < -0.3 is 9.64 Å². The molecule has 2 aromatic carbocycles. The highest BCUT2D eigenvalue weighted by Gasteiger charge is 2.25. The Kier molecular flexibility index (Phi) is 4.77. The summed E-state index contributed by atoms with van der Waals surface area (Å²) in [7, 11) is 0. The highest BCUT2D eigenvalue weighted by molar-refractivity contribution is 5.94. The van der Waals surface area contributed by atoms with E-state index in [4.69, 9.17) is 10.00 Å². The van der Waals surface area contributed by atoms with Gasteiger partial charge in [-0.05, 0) is 23.8 Å². The molecule has 0 aliphatic carbocycles. The van der Waals surface area contributed by atoms with Crippen LogP contribution < -0.4 is 4.74 Å². The van der Waals surface area contributed by atoms with Crippen LogP contribution in [0.3, 0.4) is 0 Å². The van der Waals surface area contributed by atoms with E-state index in [-0.39, 0.29) is 11.1 Å². The van der Waals surface area contributed by atoms with Crippen molar-refractivity contribution in [2.75, 3.05) is 6.54 Å². The summed E-state index contributed by atoms with van der Waals surface area (Å²) in [5, 5.41) is 13.3. The molecule has 0 atom stereocenters. The van der Waals surface area contributed by atoms with Gasteiger partial charge in [-0.15, -0.1) is 5.10 Å². The predicted octanol–water partition coefficient (Wildman–Crippen LogP) is 3.13. The van der Waals surface area contributed by atoms with Gasteiger partial charge in [-0.25, -0.2) is 4.39 Å². The minimum absolute atomic E-state index is 0.0347. The van der Waals surface area contributed by atoms with Crippen molar-refractivity contribution in [3.05, 3.63) is 82.8 Å². The smallest absolute Gasteiger partial charge is 0.257 e. The first-order valence-electron chi connectivity index (χ1n) is 8.86. The molecule has 1 amide bonds. The molecule has 7 heteroatoms. The molecule has 0 bridgehead atoms. The average Bonchev–Trinajstić information content (AvgIpc) is 3.14. The third kappa shape index (κ3) is 3.58. The minimum Gasteiger partial charge on any atom is -0.472 e. The third-order valence-corrected chi connectivity index (χ3v) is 4.62. The van der Waals surface area contributed by atoms with Crippen molar-refractivity contribution >= 4 is 5.91 Å². The first kappa shape index (κ1) is 17.7. The number of aromatic nitrogens is 2. The van der Waals surface area contributed by atoms with Crippen LogP contribution in [0, 0.1) is 17.1 Å². The lowest BCUT2D eigenvalue weighted by Gasteiger charge is -2.27. The summed E-state index contributed by atoms with van der Waals surface area (Å²) in [5.41, 5.74) is 2.02. The number of carbonyl (C=O) groups is 1. The Balaban J connectivity index is 1.45. The number of halogens is 1. The Labute approximate surface area is 161 Å². The van der Waals surface area contributed by atoms with Crippen molar-refractivity contribution in [3.63, 3.8) is 0 Å². The maximum Gasteiger partial charge on any atom is 0.257 e. The predicted molar refractivity (Wildman–Crippen MR) is 98.9 cm³/mol. The lowest BCUT2D eigenvalue weighted by atomic mass is 10.1. The summed E-state index contributed by atoms with van der Waals surface area (Å²) >= 11 is 0. The average molecular weight is 376 g/mol.